The molecule has 0 aliphatic rings. The number of thioether (sulfide) groups is 1. The Kier molecular flexibility index (Phi) is 5.89. The second-order valence-electron chi connectivity index (χ2n) is 7.61. The summed E-state index contributed by atoms with van der Waals surface area (Å²) in [6.45, 7) is 8.37. The van der Waals surface area contributed by atoms with E-state index in [1.54, 1.807) is 13.4 Å². The van der Waals surface area contributed by atoms with E-state index in [4.69, 9.17) is 4.74 Å². The van der Waals surface area contributed by atoms with Crippen molar-refractivity contribution in [1.82, 2.24) is 14.8 Å². The van der Waals surface area contributed by atoms with Crippen molar-refractivity contribution < 1.29 is 9.53 Å². The van der Waals surface area contributed by atoms with E-state index in [-0.39, 0.29) is 16.4 Å². The van der Waals surface area contributed by atoms with Gasteiger partial charge in [-0.1, -0.05) is 68.9 Å². The highest BCUT2D eigenvalue weighted by atomic mass is 32.2. The number of nitrogens with zero attached hydrogens (tertiary/aromatic N) is 3. The third kappa shape index (κ3) is 4.28. The Morgan fingerprint density at radius 3 is 2.43 bits per heavy atom. The van der Waals surface area contributed by atoms with Crippen LogP contribution in [0.15, 0.2) is 60.0 Å². The summed E-state index contributed by atoms with van der Waals surface area (Å²) in [6, 6.07) is 15.5. The van der Waals surface area contributed by atoms with Crippen LogP contribution in [0.1, 0.15) is 43.6 Å². The second kappa shape index (κ2) is 8.19. The Balaban J connectivity index is 1.80. The van der Waals surface area contributed by atoms with Crippen molar-refractivity contribution in [2.24, 2.45) is 0 Å². The number of methoxy groups -OCH3 is 1. The molecule has 0 spiro atoms. The number of carbonyl (C=O) groups excluding carboxylic acids is 1. The Morgan fingerprint density at radius 1 is 1.11 bits per heavy atom. The van der Waals surface area contributed by atoms with E-state index in [1.165, 1.54) is 17.3 Å². The molecular formula is C22H25N3O2S. The highest BCUT2D eigenvalue weighted by molar-refractivity contribution is 8.00. The van der Waals surface area contributed by atoms with Crippen LogP contribution in [0.3, 0.4) is 0 Å². The molecule has 1 atom stereocenters. The van der Waals surface area contributed by atoms with Gasteiger partial charge in [0, 0.05) is 5.56 Å². The third-order valence-electron chi connectivity index (χ3n) is 4.55. The lowest BCUT2D eigenvalue weighted by atomic mass is 9.86. The first-order chi connectivity index (χ1) is 13.3. The molecule has 1 heterocycles. The quantitative estimate of drug-likeness (QED) is 0.437. The fraction of sp³-hybridized carbons (Fsp3) is 0.318. The summed E-state index contributed by atoms with van der Waals surface area (Å²) in [5.74, 6) is 0.793. The smallest absolute Gasteiger partial charge is 0.196 e. The number of hydrogen-bond donors (Lipinski definition) is 0. The van der Waals surface area contributed by atoms with Gasteiger partial charge in [-0.25, -0.2) is 0 Å². The summed E-state index contributed by atoms with van der Waals surface area (Å²) in [5, 5.41) is 8.58. The van der Waals surface area contributed by atoms with Crippen molar-refractivity contribution >= 4 is 17.5 Å². The van der Waals surface area contributed by atoms with Crippen LogP contribution in [0, 0.1) is 0 Å². The fourth-order valence-corrected chi connectivity index (χ4v) is 3.79. The minimum absolute atomic E-state index is 0.0626. The maximum atomic E-state index is 12.9. The molecule has 0 amide bonds. The first kappa shape index (κ1) is 20.1. The summed E-state index contributed by atoms with van der Waals surface area (Å²) >= 11 is 1.39. The molecule has 0 fully saturated rings. The topological polar surface area (TPSA) is 57.0 Å². The predicted molar refractivity (Wildman–Crippen MR) is 113 cm³/mol. The summed E-state index contributed by atoms with van der Waals surface area (Å²) in [6.07, 6.45) is 1.63. The monoisotopic (exact) mass is 395 g/mol. The number of carbonyl (C=O) groups is 1. The van der Waals surface area contributed by atoms with E-state index in [0.29, 0.717) is 10.7 Å². The van der Waals surface area contributed by atoms with Gasteiger partial charge in [0.15, 0.2) is 10.9 Å². The number of benzene rings is 2. The zero-order chi connectivity index (χ0) is 20.3. The number of hydrogen-bond acceptors (Lipinski definition) is 5. The Hall–Kier alpha value is -2.60. The summed E-state index contributed by atoms with van der Waals surface area (Å²) in [5.41, 5.74) is 2.82. The van der Waals surface area contributed by atoms with Gasteiger partial charge >= 0.3 is 0 Å². The average Bonchev–Trinajstić information content (AvgIpc) is 3.14. The van der Waals surface area contributed by atoms with Crippen molar-refractivity contribution in [2.75, 3.05) is 7.11 Å². The summed E-state index contributed by atoms with van der Waals surface area (Å²) in [4.78, 5) is 12.9. The van der Waals surface area contributed by atoms with Gasteiger partial charge in [-0.15, -0.1) is 10.2 Å². The van der Waals surface area contributed by atoms with Gasteiger partial charge in [-0.3, -0.25) is 9.36 Å². The van der Waals surface area contributed by atoms with Crippen LogP contribution >= 0.6 is 11.8 Å². The molecule has 1 unspecified atom stereocenters. The van der Waals surface area contributed by atoms with Gasteiger partial charge < -0.3 is 4.74 Å². The van der Waals surface area contributed by atoms with Crippen molar-refractivity contribution in [3.63, 3.8) is 0 Å². The second-order valence-corrected chi connectivity index (χ2v) is 8.92. The average molecular weight is 396 g/mol. The van der Waals surface area contributed by atoms with Crippen LogP contribution in [0.4, 0.5) is 0 Å². The zero-order valence-electron chi connectivity index (χ0n) is 16.8. The van der Waals surface area contributed by atoms with E-state index in [0.717, 1.165) is 11.4 Å². The number of para-hydroxylation sites is 2. The van der Waals surface area contributed by atoms with Crippen LogP contribution in [-0.2, 0) is 5.41 Å². The third-order valence-corrected chi connectivity index (χ3v) is 5.60. The van der Waals surface area contributed by atoms with E-state index in [1.807, 2.05) is 60.0 Å². The lowest BCUT2D eigenvalue weighted by Crippen LogP contribution is -2.16. The molecular weight excluding hydrogens is 370 g/mol. The molecule has 3 aromatic rings. The first-order valence-electron chi connectivity index (χ1n) is 9.16. The SMILES string of the molecule is COc1ccccc1-n1cnnc1SC(C)C(=O)c1ccc(C(C)(C)C)cc1. The number of Topliss-reactive ketones (excluding diaryl/α,β-unsaturated/α-hetero) is 1. The minimum atomic E-state index is -0.293. The molecule has 28 heavy (non-hydrogen) atoms. The molecule has 5 nitrogen and oxygen atoms in total. The minimum Gasteiger partial charge on any atom is -0.495 e. The van der Waals surface area contributed by atoms with Crippen molar-refractivity contribution in [1.29, 1.82) is 0 Å². The fourth-order valence-electron chi connectivity index (χ4n) is 2.88. The maximum absolute atomic E-state index is 12.9. The lowest BCUT2D eigenvalue weighted by Gasteiger charge is -2.19. The normalized spacial score (nSPS) is 12.6. The van der Waals surface area contributed by atoms with Crippen LogP contribution in [-0.4, -0.2) is 32.9 Å². The molecule has 0 N–H and O–H groups in total. The van der Waals surface area contributed by atoms with Crippen molar-refractivity contribution in [3.8, 4) is 11.4 Å². The molecule has 0 radical (unpaired) electrons. The van der Waals surface area contributed by atoms with E-state index in [9.17, 15) is 4.79 Å². The van der Waals surface area contributed by atoms with Gasteiger partial charge in [0.1, 0.15) is 12.1 Å². The molecule has 3 rings (SSSR count). The molecule has 0 aliphatic carbocycles. The van der Waals surface area contributed by atoms with Gasteiger partial charge in [0.25, 0.3) is 0 Å². The highest BCUT2D eigenvalue weighted by Crippen LogP contribution is 2.30. The molecule has 2 aromatic carbocycles. The van der Waals surface area contributed by atoms with E-state index in [2.05, 4.69) is 31.0 Å². The number of rotatable bonds is 6. The Morgan fingerprint density at radius 2 is 1.79 bits per heavy atom. The van der Waals surface area contributed by atoms with Crippen molar-refractivity contribution in [3.05, 3.63) is 66.0 Å². The molecule has 0 aliphatic heterocycles. The van der Waals surface area contributed by atoms with Gasteiger partial charge in [-0.05, 0) is 30.0 Å². The number of ether oxygens (including phenoxy) is 1. The Bertz CT molecular complexity index is 958. The van der Waals surface area contributed by atoms with Crippen LogP contribution in [0.25, 0.3) is 5.69 Å². The maximum Gasteiger partial charge on any atom is 0.196 e. The Labute approximate surface area is 170 Å². The van der Waals surface area contributed by atoms with Crippen molar-refractivity contribution in [2.45, 2.75) is 43.5 Å². The standard InChI is InChI=1S/C22H25N3O2S/c1-15(20(26)16-10-12-17(13-11-16)22(2,3)4)28-21-24-23-14-25(21)18-8-6-7-9-19(18)27-5/h6-15H,1-5H3. The lowest BCUT2D eigenvalue weighted by molar-refractivity contribution is 0.0994. The summed E-state index contributed by atoms with van der Waals surface area (Å²) < 4.78 is 7.28. The number of ketones is 1. The number of aromatic nitrogens is 3. The zero-order valence-corrected chi connectivity index (χ0v) is 17.7. The molecule has 1 aromatic heterocycles. The van der Waals surface area contributed by atoms with Crippen LogP contribution in [0.5, 0.6) is 5.75 Å². The highest BCUT2D eigenvalue weighted by Gasteiger charge is 2.21. The predicted octanol–water partition coefficient (Wildman–Crippen LogP) is 4.94. The first-order valence-corrected chi connectivity index (χ1v) is 10.0. The van der Waals surface area contributed by atoms with Gasteiger partial charge in [0.2, 0.25) is 0 Å². The van der Waals surface area contributed by atoms with E-state index < -0.39 is 0 Å². The molecule has 146 valence electrons. The van der Waals surface area contributed by atoms with Crippen LogP contribution < -0.4 is 4.74 Å². The molecule has 6 heteroatoms. The summed E-state index contributed by atoms with van der Waals surface area (Å²) in [7, 11) is 1.63. The molecule has 0 bridgehead atoms. The molecule has 0 saturated heterocycles. The van der Waals surface area contributed by atoms with Gasteiger partial charge in [-0.2, -0.15) is 0 Å². The van der Waals surface area contributed by atoms with E-state index >= 15 is 0 Å². The van der Waals surface area contributed by atoms with Crippen LogP contribution in [0.2, 0.25) is 0 Å². The molecule has 0 saturated carbocycles. The van der Waals surface area contributed by atoms with Gasteiger partial charge in [0.05, 0.1) is 18.0 Å². The largest absolute Gasteiger partial charge is 0.495 e.